The van der Waals surface area contributed by atoms with E-state index in [1.165, 1.54) is 0 Å². The van der Waals surface area contributed by atoms with E-state index < -0.39 is 0 Å². The normalized spacial score (nSPS) is 14.9. The van der Waals surface area contributed by atoms with E-state index in [2.05, 4.69) is 10.3 Å². The molecule has 2 N–H and O–H groups in total. The number of hydrogen-bond acceptors (Lipinski definition) is 4. The Hall–Kier alpha value is -2.30. The number of phenolic OH excluding ortho intramolecular Hbond substituents is 1. The smallest absolute Gasteiger partial charge is 0.149 e. The molecule has 0 unspecified atom stereocenters. The second kappa shape index (κ2) is 7.72. The lowest BCUT2D eigenvalue weighted by molar-refractivity contribution is 0.162. The number of rotatable bonds is 3. The van der Waals surface area contributed by atoms with Gasteiger partial charge in [-0.1, -0.05) is 24.3 Å². The Bertz CT molecular complexity index is 846. The van der Waals surface area contributed by atoms with Crippen LogP contribution in [-0.2, 0) is 0 Å². The van der Waals surface area contributed by atoms with Crippen LogP contribution >= 0.6 is 12.4 Å². The molecule has 130 valence electrons. The van der Waals surface area contributed by atoms with Crippen LogP contribution in [0.2, 0.25) is 0 Å². The molecule has 1 fully saturated rings. The van der Waals surface area contributed by atoms with Crippen LogP contribution in [0, 0.1) is 0 Å². The highest BCUT2D eigenvalue weighted by Gasteiger charge is 2.15. The van der Waals surface area contributed by atoms with Gasteiger partial charge in [0.1, 0.15) is 23.1 Å². The fraction of sp³-hybridized carbons (Fsp3) is 0.250. The topological polar surface area (TPSA) is 54.4 Å². The number of aromatic nitrogens is 1. The maximum Gasteiger partial charge on any atom is 0.149 e. The van der Waals surface area contributed by atoms with Crippen LogP contribution in [0.1, 0.15) is 12.8 Å². The van der Waals surface area contributed by atoms with Gasteiger partial charge in [-0.2, -0.15) is 0 Å². The van der Waals surface area contributed by atoms with Crippen LogP contribution in [0.4, 0.5) is 0 Å². The van der Waals surface area contributed by atoms with Crippen molar-refractivity contribution in [2.24, 2.45) is 0 Å². The first-order chi connectivity index (χ1) is 11.8. The highest BCUT2D eigenvalue weighted by molar-refractivity contribution is 5.91. The van der Waals surface area contributed by atoms with Crippen molar-refractivity contribution in [1.82, 2.24) is 10.3 Å². The maximum atomic E-state index is 10.5. The molecule has 0 amide bonds. The quantitative estimate of drug-likeness (QED) is 0.739. The van der Waals surface area contributed by atoms with Gasteiger partial charge in [0.25, 0.3) is 0 Å². The van der Waals surface area contributed by atoms with Gasteiger partial charge in [0.05, 0.1) is 0 Å². The standard InChI is InChI=1S/C20H20N2O2.ClH/c23-20-18(8-5-15-2-1-11-22-19(15)20)14-3-6-16(7-4-14)24-17-9-12-21-13-10-17;/h1-8,11,17,21,23H,9-10,12-13H2;1H. The molecule has 0 aliphatic carbocycles. The minimum atomic E-state index is 0. The molecule has 0 bridgehead atoms. The van der Waals surface area contributed by atoms with E-state index in [0.717, 1.165) is 48.2 Å². The summed E-state index contributed by atoms with van der Waals surface area (Å²) < 4.78 is 6.03. The lowest BCUT2D eigenvalue weighted by atomic mass is 10.0. The van der Waals surface area contributed by atoms with E-state index in [1.807, 2.05) is 48.5 Å². The lowest BCUT2D eigenvalue weighted by Gasteiger charge is -2.23. The Labute approximate surface area is 153 Å². The fourth-order valence-electron chi connectivity index (χ4n) is 3.18. The van der Waals surface area contributed by atoms with Crippen LogP contribution < -0.4 is 10.1 Å². The third kappa shape index (κ3) is 3.70. The summed E-state index contributed by atoms with van der Waals surface area (Å²) in [5, 5.41) is 14.8. The van der Waals surface area contributed by atoms with Crippen LogP contribution in [0.25, 0.3) is 22.0 Å². The zero-order valence-corrected chi connectivity index (χ0v) is 14.6. The monoisotopic (exact) mass is 356 g/mol. The summed E-state index contributed by atoms with van der Waals surface area (Å²) >= 11 is 0. The molecule has 4 rings (SSSR count). The largest absolute Gasteiger partial charge is 0.505 e. The number of benzene rings is 2. The summed E-state index contributed by atoms with van der Waals surface area (Å²) in [5.74, 6) is 1.10. The van der Waals surface area contributed by atoms with E-state index >= 15 is 0 Å². The average molecular weight is 357 g/mol. The number of piperidine rings is 1. The molecule has 0 radical (unpaired) electrons. The molecule has 0 spiro atoms. The summed E-state index contributed by atoms with van der Waals surface area (Å²) in [6.07, 6.45) is 4.06. The Morgan fingerprint density at radius 2 is 1.76 bits per heavy atom. The maximum absolute atomic E-state index is 10.5. The molecule has 2 heterocycles. The van der Waals surface area contributed by atoms with Crippen LogP contribution in [0.3, 0.4) is 0 Å². The van der Waals surface area contributed by atoms with Crippen molar-refractivity contribution in [3.8, 4) is 22.6 Å². The Morgan fingerprint density at radius 3 is 2.52 bits per heavy atom. The van der Waals surface area contributed by atoms with Crippen molar-refractivity contribution < 1.29 is 9.84 Å². The molecule has 0 saturated carbocycles. The number of halogens is 1. The van der Waals surface area contributed by atoms with Crippen LogP contribution in [0.15, 0.2) is 54.7 Å². The number of nitrogens with one attached hydrogen (secondary N) is 1. The molecule has 1 aliphatic heterocycles. The Morgan fingerprint density at radius 1 is 1.00 bits per heavy atom. The van der Waals surface area contributed by atoms with Gasteiger partial charge in [0, 0.05) is 17.1 Å². The summed E-state index contributed by atoms with van der Waals surface area (Å²) in [7, 11) is 0. The lowest BCUT2D eigenvalue weighted by Crippen LogP contribution is -2.34. The van der Waals surface area contributed by atoms with E-state index in [0.29, 0.717) is 5.52 Å². The Kier molecular flexibility index (Phi) is 5.41. The Balaban J connectivity index is 0.00000182. The zero-order valence-electron chi connectivity index (χ0n) is 13.8. The molecule has 25 heavy (non-hydrogen) atoms. The first kappa shape index (κ1) is 17.5. The molecule has 1 saturated heterocycles. The van der Waals surface area contributed by atoms with Gasteiger partial charge in [-0.25, -0.2) is 0 Å². The molecule has 4 nitrogen and oxygen atoms in total. The SMILES string of the molecule is Cl.Oc1c(-c2ccc(OC3CCNCC3)cc2)ccc2cccnc12. The van der Waals surface area contributed by atoms with Gasteiger partial charge in [0.2, 0.25) is 0 Å². The average Bonchev–Trinajstić information content (AvgIpc) is 2.64. The minimum Gasteiger partial charge on any atom is -0.505 e. The van der Waals surface area contributed by atoms with Crippen molar-refractivity contribution in [1.29, 1.82) is 0 Å². The molecular formula is C20H21ClN2O2. The molecule has 5 heteroatoms. The summed E-state index contributed by atoms with van der Waals surface area (Å²) in [6, 6.07) is 15.6. The van der Waals surface area contributed by atoms with E-state index in [-0.39, 0.29) is 24.3 Å². The van der Waals surface area contributed by atoms with E-state index in [1.54, 1.807) is 6.20 Å². The highest BCUT2D eigenvalue weighted by atomic mass is 35.5. The number of hydrogen-bond donors (Lipinski definition) is 2. The van der Waals surface area contributed by atoms with Crippen molar-refractivity contribution in [2.75, 3.05) is 13.1 Å². The molecule has 0 atom stereocenters. The van der Waals surface area contributed by atoms with Gasteiger partial charge in [-0.15, -0.1) is 12.4 Å². The van der Waals surface area contributed by atoms with E-state index in [4.69, 9.17) is 4.74 Å². The molecule has 1 aliphatic rings. The number of ether oxygens (including phenoxy) is 1. The number of pyridine rings is 1. The summed E-state index contributed by atoms with van der Waals surface area (Å²) in [5.41, 5.74) is 2.37. The molecule has 3 aromatic rings. The van der Waals surface area contributed by atoms with Gasteiger partial charge >= 0.3 is 0 Å². The van der Waals surface area contributed by atoms with Gasteiger partial charge in [-0.05, 0) is 55.8 Å². The van der Waals surface area contributed by atoms with Crippen LogP contribution in [-0.4, -0.2) is 29.3 Å². The predicted molar refractivity (Wildman–Crippen MR) is 103 cm³/mol. The number of nitrogens with zero attached hydrogens (tertiary/aromatic N) is 1. The fourth-order valence-corrected chi connectivity index (χ4v) is 3.18. The second-order valence-electron chi connectivity index (χ2n) is 6.13. The number of phenols is 1. The van der Waals surface area contributed by atoms with Crippen molar-refractivity contribution in [3.63, 3.8) is 0 Å². The molecule has 1 aromatic heterocycles. The first-order valence-electron chi connectivity index (χ1n) is 8.36. The van der Waals surface area contributed by atoms with Crippen molar-refractivity contribution in [2.45, 2.75) is 18.9 Å². The minimum absolute atomic E-state index is 0. The van der Waals surface area contributed by atoms with Crippen molar-refractivity contribution in [3.05, 3.63) is 54.7 Å². The molecular weight excluding hydrogens is 336 g/mol. The summed E-state index contributed by atoms with van der Waals surface area (Å²) in [6.45, 7) is 2.03. The van der Waals surface area contributed by atoms with Gasteiger partial charge < -0.3 is 15.2 Å². The molecule has 2 aromatic carbocycles. The zero-order chi connectivity index (χ0) is 16.4. The van der Waals surface area contributed by atoms with Gasteiger partial charge in [-0.3, -0.25) is 4.98 Å². The summed E-state index contributed by atoms with van der Waals surface area (Å²) in [4.78, 5) is 4.28. The third-order valence-electron chi connectivity index (χ3n) is 4.50. The second-order valence-corrected chi connectivity index (χ2v) is 6.13. The van der Waals surface area contributed by atoms with Gasteiger partial charge in [0.15, 0.2) is 0 Å². The number of aromatic hydroxyl groups is 1. The van der Waals surface area contributed by atoms with Crippen molar-refractivity contribution >= 4 is 23.3 Å². The highest BCUT2D eigenvalue weighted by Crippen LogP contribution is 2.35. The first-order valence-corrected chi connectivity index (χ1v) is 8.36. The van der Waals surface area contributed by atoms with Crippen LogP contribution in [0.5, 0.6) is 11.5 Å². The predicted octanol–water partition coefficient (Wildman–Crippen LogP) is 4.16. The third-order valence-corrected chi connectivity index (χ3v) is 4.50. The van der Waals surface area contributed by atoms with E-state index in [9.17, 15) is 5.11 Å². The number of fused-ring (bicyclic) bond motifs is 1.